The van der Waals surface area contributed by atoms with Gasteiger partial charge in [-0.15, -0.1) is 0 Å². The second-order valence-electron chi connectivity index (χ2n) is 3.72. The van der Waals surface area contributed by atoms with Crippen LogP contribution in [0.5, 0.6) is 23.0 Å². The van der Waals surface area contributed by atoms with E-state index in [0.29, 0.717) is 5.56 Å². The van der Waals surface area contributed by atoms with Gasteiger partial charge in [0.15, 0.2) is 11.5 Å². The average Bonchev–Trinajstić information content (AvgIpc) is 2.41. The Kier molecular flexibility index (Phi) is 3.28. The lowest BCUT2D eigenvalue weighted by molar-refractivity contribution is 0.323. The van der Waals surface area contributed by atoms with Crippen LogP contribution in [0.25, 0.3) is 11.1 Å². The first-order valence-electron chi connectivity index (χ1n) is 5.41. The van der Waals surface area contributed by atoms with Crippen molar-refractivity contribution in [1.29, 1.82) is 0 Å². The summed E-state index contributed by atoms with van der Waals surface area (Å²) in [5.41, 5.74) is 1.36. The molecule has 0 amide bonds. The third kappa shape index (κ3) is 1.93. The molecule has 18 heavy (non-hydrogen) atoms. The van der Waals surface area contributed by atoms with Gasteiger partial charge in [0.25, 0.3) is 0 Å². The number of benzene rings is 2. The Morgan fingerprint density at radius 3 is 2.11 bits per heavy atom. The summed E-state index contributed by atoms with van der Waals surface area (Å²) in [6, 6.07) is 10.9. The van der Waals surface area contributed by atoms with E-state index in [0.717, 1.165) is 5.56 Å². The molecule has 0 aliphatic carbocycles. The number of rotatable bonds is 3. The zero-order valence-electron chi connectivity index (χ0n) is 10.2. The predicted octanol–water partition coefficient (Wildman–Crippen LogP) is 2.78. The van der Waals surface area contributed by atoms with Crippen molar-refractivity contribution < 1.29 is 19.7 Å². The highest BCUT2D eigenvalue weighted by molar-refractivity contribution is 5.78. The maximum atomic E-state index is 10.1. The van der Waals surface area contributed by atoms with E-state index in [9.17, 15) is 10.2 Å². The van der Waals surface area contributed by atoms with Crippen LogP contribution in [0, 0.1) is 0 Å². The van der Waals surface area contributed by atoms with Crippen molar-refractivity contribution in [3.8, 4) is 34.1 Å². The monoisotopic (exact) mass is 246 g/mol. The maximum Gasteiger partial charge on any atom is 0.207 e. The normalized spacial score (nSPS) is 10.1. The third-order valence-electron chi connectivity index (χ3n) is 2.70. The largest absolute Gasteiger partial charge is 0.504 e. The van der Waals surface area contributed by atoms with Gasteiger partial charge in [0, 0.05) is 5.56 Å². The van der Waals surface area contributed by atoms with Gasteiger partial charge in [-0.05, 0) is 11.6 Å². The van der Waals surface area contributed by atoms with Crippen LogP contribution in [0.3, 0.4) is 0 Å². The molecular formula is C14H14O4. The molecule has 0 atom stereocenters. The van der Waals surface area contributed by atoms with Gasteiger partial charge in [-0.2, -0.15) is 0 Å². The minimum Gasteiger partial charge on any atom is -0.504 e. The Morgan fingerprint density at radius 1 is 0.889 bits per heavy atom. The Labute approximate surface area is 105 Å². The molecule has 0 fully saturated rings. The van der Waals surface area contributed by atoms with Crippen LogP contribution in [0.4, 0.5) is 0 Å². The minimum absolute atomic E-state index is 0.00760. The van der Waals surface area contributed by atoms with Gasteiger partial charge in [0.1, 0.15) is 0 Å². The SMILES string of the molecule is COc1cc(-c2ccccc2)c(O)c(OC)c1O. The van der Waals surface area contributed by atoms with Crippen LogP contribution in [0.2, 0.25) is 0 Å². The first kappa shape index (κ1) is 12.1. The molecule has 0 aliphatic rings. The standard InChI is InChI=1S/C14H14O4/c1-17-11-8-10(9-6-4-3-5-7-9)12(15)14(18-2)13(11)16/h3-8,15-16H,1-2H3. The fraction of sp³-hybridized carbons (Fsp3) is 0.143. The van der Waals surface area contributed by atoms with Crippen LogP contribution in [0.1, 0.15) is 0 Å². The molecule has 2 aromatic carbocycles. The van der Waals surface area contributed by atoms with Gasteiger partial charge < -0.3 is 19.7 Å². The summed E-state index contributed by atoms with van der Waals surface area (Å²) in [5, 5.41) is 19.9. The van der Waals surface area contributed by atoms with Crippen LogP contribution < -0.4 is 9.47 Å². The van der Waals surface area contributed by atoms with E-state index < -0.39 is 0 Å². The molecule has 2 rings (SSSR count). The molecule has 0 spiro atoms. The molecule has 4 heteroatoms. The Morgan fingerprint density at radius 2 is 1.56 bits per heavy atom. The summed E-state index contributed by atoms with van der Waals surface area (Å²) in [6.45, 7) is 0. The predicted molar refractivity (Wildman–Crippen MR) is 68.3 cm³/mol. The zero-order chi connectivity index (χ0) is 13.1. The highest BCUT2D eigenvalue weighted by Crippen LogP contribution is 2.48. The van der Waals surface area contributed by atoms with E-state index >= 15 is 0 Å². The molecule has 2 aromatic rings. The summed E-state index contributed by atoms with van der Waals surface area (Å²) >= 11 is 0. The molecular weight excluding hydrogens is 232 g/mol. The van der Waals surface area contributed by atoms with Gasteiger partial charge in [-0.1, -0.05) is 30.3 Å². The van der Waals surface area contributed by atoms with E-state index in [1.54, 1.807) is 6.07 Å². The summed E-state index contributed by atoms with van der Waals surface area (Å²) in [5.74, 6) is -0.0594. The van der Waals surface area contributed by atoms with E-state index in [1.807, 2.05) is 30.3 Å². The molecule has 0 aliphatic heterocycles. The van der Waals surface area contributed by atoms with Crippen molar-refractivity contribution in [1.82, 2.24) is 0 Å². The number of hydrogen-bond donors (Lipinski definition) is 2. The molecule has 0 saturated carbocycles. The Hall–Kier alpha value is -2.36. The third-order valence-corrected chi connectivity index (χ3v) is 2.70. The topological polar surface area (TPSA) is 58.9 Å². The molecule has 0 radical (unpaired) electrons. The number of methoxy groups -OCH3 is 2. The maximum absolute atomic E-state index is 10.1. The number of phenolic OH excluding ortho intramolecular Hbond substituents is 2. The molecule has 94 valence electrons. The molecule has 0 aromatic heterocycles. The van der Waals surface area contributed by atoms with Crippen LogP contribution in [-0.4, -0.2) is 24.4 Å². The Balaban J connectivity index is 2.68. The van der Waals surface area contributed by atoms with Crippen molar-refractivity contribution in [3.63, 3.8) is 0 Å². The van der Waals surface area contributed by atoms with E-state index in [2.05, 4.69) is 0 Å². The lowest BCUT2D eigenvalue weighted by Gasteiger charge is -2.14. The zero-order valence-corrected chi connectivity index (χ0v) is 10.2. The second kappa shape index (κ2) is 4.87. The average molecular weight is 246 g/mol. The van der Waals surface area contributed by atoms with E-state index in [1.165, 1.54) is 14.2 Å². The molecule has 0 bridgehead atoms. The number of hydrogen-bond acceptors (Lipinski definition) is 4. The van der Waals surface area contributed by atoms with Crippen molar-refractivity contribution in [3.05, 3.63) is 36.4 Å². The van der Waals surface area contributed by atoms with Crippen molar-refractivity contribution >= 4 is 0 Å². The van der Waals surface area contributed by atoms with Gasteiger partial charge in [-0.3, -0.25) is 0 Å². The van der Waals surface area contributed by atoms with Crippen molar-refractivity contribution in [2.75, 3.05) is 14.2 Å². The summed E-state index contributed by atoms with van der Waals surface area (Å²) in [4.78, 5) is 0. The summed E-state index contributed by atoms with van der Waals surface area (Å²) < 4.78 is 10.1. The fourth-order valence-corrected chi connectivity index (χ4v) is 1.80. The molecule has 2 N–H and O–H groups in total. The summed E-state index contributed by atoms with van der Waals surface area (Å²) in [6.07, 6.45) is 0. The lowest BCUT2D eigenvalue weighted by Crippen LogP contribution is -1.92. The lowest BCUT2D eigenvalue weighted by atomic mass is 10.0. The van der Waals surface area contributed by atoms with Gasteiger partial charge >= 0.3 is 0 Å². The van der Waals surface area contributed by atoms with Crippen LogP contribution >= 0.6 is 0 Å². The summed E-state index contributed by atoms with van der Waals surface area (Å²) in [7, 11) is 2.82. The Bertz CT molecular complexity index is 549. The highest BCUT2D eigenvalue weighted by Gasteiger charge is 2.19. The van der Waals surface area contributed by atoms with Crippen molar-refractivity contribution in [2.24, 2.45) is 0 Å². The second-order valence-corrected chi connectivity index (χ2v) is 3.72. The quantitative estimate of drug-likeness (QED) is 0.874. The van der Waals surface area contributed by atoms with Gasteiger partial charge in [0.05, 0.1) is 14.2 Å². The smallest absolute Gasteiger partial charge is 0.207 e. The fourth-order valence-electron chi connectivity index (χ4n) is 1.80. The highest BCUT2D eigenvalue weighted by atomic mass is 16.5. The minimum atomic E-state index is -0.211. The molecule has 0 heterocycles. The van der Waals surface area contributed by atoms with Crippen LogP contribution in [-0.2, 0) is 0 Å². The van der Waals surface area contributed by atoms with Crippen LogP contribution in [0.15, 0.2) is 36.4 Å². The molecule has 0 saturated heterocycles. The molecule has 0 unspecified atom stereocenters. The van der Waals surface area contributed by atoms with Gasteiger partial charge in [-0.25, -0.2) is 0 Å². The van der Waals surface area contributed by atoms with Gasteiger partial charge in [0.2, 0.25) is 11.5 Å². The number of ether oxygens (including phenoxy) is 2. The first-order valence-corrected chi connectivity index (χ1v) is 5.41. The number of phenols is 2. The van der Waals surface area contributed by atoms with E-state index in [4.69, 9.17) is 9.47 Å². The van der Waals surface area contributed by atoms with E-state index in [-0.39, 0.29) is 23.0 Å². The molecule has 4 nitrogen and oxygen atoms in total. The van der Waals surface area contributed by atoms with Crippen molar-refractivity contribution in [2.45, 2.75) is 0 Å². The number of aromatic hydroxyl groups is 2. The first-order chi connectivity index (χ1) is 8.69.